The molecule has 1 aromatic heterocycles. The highest BCUT2D eigenvalue weighted by atomic mass is 16.5. The molecule has 1 N–H and O–H groups in total. The van der Waals surface area contributed by atoms with Crippen LogP contribution in [0.2, 0.25) is 0 Å². The van der Waals surface area contributed by atoms with E-state index in [9.17, 15) is 0 Å². The molecule has 0 saturated carbocycles. The number of pyridine rings is 1. The molecule has 3 heteroatoms. The number of para-hydroxylation sites is 2. The number of nitrogens with zero attached hydrogens (tertiary/aromatic N) is 1. The Balaban J connectivity index is 1.90. The van der Waals surface area contributed by atoms with Gasteiger partial charge in [-0.05, 0) is 25.1 Å². The molecule has 0 aliphatic rings. The summed E-state index contributed by atoms with van der Waals surface area (Å²) >= 11 is 0. The Morgan fingerprint density at radius 2 is 1.86 bits per heavy atom. The molecule has 21 heavy (non-hydrogen) atoms. The molecule has 0 amide bonds. The Morgan fingerprint density at radius 1 is 1.00 bits per heavy atom. The minimum absolute atomic E-state index is 0.707. The number of hydrogen-bond acceptors (Lipinski definition) is 3. The molecule has 3 rings (SSSR count). The smallest absolute Gasteiger partial charge is 0.123 e. The molecule has 0 saturated heterocycles. The van der Waals surface area contributed by atoms with E-state index in [4.69, 9.17) is 4.74 Å². The quantitative estimate of drug-likeness (QED) is 0.778. The monoisotopic (exact) mass is 278 g/mol. The van der Waals surface area contributed by atoms with E-state index in [-0.39, 0.29) is 0 Å². The number of fused-ring (bicyclic) bond motifs is 1. The third-order valence-corrected chi connectivity index (χ3v) is 3.52. The molecular formula is C18H18N2O. The third-order valence-electron chi connectivity index (χ3n) is 3.52. The van der Waals surface area contributed by atoms with Gasteiger partial charge >= 0.3 is 0 Å². The summed E-state index contributed by atoms with van der Waals surface area (Å²) in [6.45, 7) is 2.72. The van der Waals surface area contributed by atoms with Crippen molar-refractivity contribution < 1.29 is 4.74 Å². The Kier molecular flexibility index (Phi) is 3.73. The average Bonchev–Trinajstić information content (AvgIpc) is 2.53. The predicted octanol–water partition coefficient (Wildman–Crippen LogP) is 4.16. The number of ether oxygens (including phenoxy) is 1. The van der Waals surface area contributed by atoms with Crippen molar-refractivity contribution in [2.45, 2.75) is 13.5 Å². The zero-order chi connectivity index (χ0) is 14.7. The maximum Gasteiger partial charge on any atom is 0.123 e. The van der Waals surface area contributed by atoms with E-state index in [1.54, 1.807) is 7.11 Å². The lowest BCUT2D eigenvalue weighted by atomic mass is 10.1. The van der Waals surface area contributed by atoms with Crippen LogP contribution in [0.3, 0.4) is 0 Å². The first-order valence-electron chi connectivity index (χ1n) is 7.00. The number of aromatic nitrogens is 1. The van der Waals surface area contributed by atoms with Crippen LogP contribution in [0.4, 0.5) is 5.69 Å². The molecule has 0 fully saturated rings. The highest BCUT2D eigenvalue weighted by molar-refractivity contribution is 5.90. The van der Waals surface area contributed by atoms with Gasteiger partial charge in [0.15, 0.2) is 0 Å². The van der Waals surface area contributed by atoms with Gasteiger partial charge in [0.2, 0.25) is 0 Å². The van der Waals surface area contributed by atoms with Gasteiger partial charge in [0, 0.05) is 23.2 Å². The third kappa shape index (κ3) is 2.82. The lowest BCUT2D eigenvalue weighted by Gasteiger charge is -2.12. The second-order valence-corrected chi connectivity index (χ2v) is 5.00. The average molecular weight is 278 g/mol. The maximum atomic E-state index is 5.38. The van der Waals surface area contributed by atoms with Crippen molar-refractivity contribution in [2.24, 2.45) is 0 Å². The first-order chi connectivity index (χ1) is 10.3. The van der Waals surface area contributed by atoms with Crippen LogP contribution in [-0.2, 0) is 6.54 Å². The van der Waals surface area contributed by atoms with E-state index in [0.29, 0.717) is 6.54 Å². The molecular weight excluding hydrogens is 260 g/mol. The molecule has 2 aromatic carbocycles. The second kappa shape index (κ2) is 5.83. The van der Waals surface area contributed by atoms with Crippen LogP contribution < -0.4 is 10.1 Å². The van der Waals surface area contributed by atoms with Gasteiger partial charge in [-0.2, -0.15) is 0 Å². The van der Waals surface area contributed by atoms with Crippen molar-refractivity contribution in [1.29, 1.82) is 0 Å². The van der Waals surface area contributed by atoms with Crippen LogP contribution in [0.5, 0.6) is 5.75 Å². The molecule has 106 valence electrons. The molecule has 0 aliphatic heterocycles. The van der Waals surface area contributed by atoms with E-state index in [0.717, 1.165) is 33.6 Å². The zero-order valence-electron chi connectivity index (χ0n) is 12.3. The Morgan fingerprint density at radius 3 is 2.71 bits per heavy atom. The number of rotatable bonds is 4. The fourth-order valence-electron chi connectivity index (χ4n) is 2.43. The van der Waals surface area contributed by atoms with E-state index >= 15 is 0 Å². The summed E-state index contributed by atoms with van der Waals surface area (Å²) in [4.78, 5) is 4.64. The van der Waals surface area contributed by atoms with Crippen LogP contribution in [0.1, 0.15) is 11.3 Å². The van der Waals surface area contributed by atoms with Gasteiger partial charge in [0.25, 0.3) is 0 Å². The predicted molar refractivity (Wildman–Crippen MR) is 86.8 cm³/mol. The second-order valence-electron chi connectivity index (χ2n) is 5.00. The lowest BCUT2D eigenvalue weighted by Crippen LogP contribution is -2.02. The molecule has 0 aliphatic carbocycles. The molecule has 1 heterocycles. The summed E-state index contributed by atoms with van der Waals surface area (Å²) < 4.78 is 5.38. The number of benzene rings is 2. The maximum absolute atomic E-state index is 5.38. The molecule has 0 spiro atoms. The van der Waals surface area contributed by atoms with Gasteiger partial charge in [0.05, 0.1) is 18.3 Å². The summed E-state index contributed by atoms with van der Waals surface area (Å²) in [5.74, 6) is 0.898. The molecule has 3 nitrogen and oxygen atoms in total. The number of anilines is 1. The van der Waals surface area contributed by atoms with Gasteiger partial charge in [-0.1, -0.05) is 36.4 Å². The fourth-order valence-corrected chi connectivity index (χ4v) is 2.43. The Labute approximate surface area is 124 Å². The van der Waals surface area contributed by atoms with Crippen molar-refractivity contribution in [1.82, 2.24) is 4.98 Å². The van der Waals surface area contributed by atoms with Crippen LogP contribution in [0, 0.1) is 6.92 Å². The highest BCUT2D eigenvalue weighted by Crippen LogP contribution is 2.24. The number of methoxy groups -OCH3 is 1. The first kappa shape index (κ1) is 13.4. The van der Waals surface area contributed by atoms with E-state index in [2.05, 4.69) is 34.6 Å². The summed E-state index contributed by atoms with van der Waals surface area (Å²) in [6.07, 6.45) is 0. The van der Waals surface area contributed by atoms with Gasteiger partial charge < -0.3 is 10.1 Å². The van der Waals surface area contributed by atoms with Crippen LogP contribution in [-0.4, -0.2) is 12.1 Å². The zero-order valence-corrected chi connectivity index (χ0v) is 12.3. The van der Waals surface area contributed by atoms with Gasteiger partial charge in [0.1, 0.15) is 5.75 Å². The molecule has 0 atom stereocenters. The van der Waals surface area contributed by atoms with Crippen molar-refractivity contribution in [3.8, 4) is 5.75 Å². The molecule has 3 aromatic rings. The van der Waals surface area contributed by atoms with E-state index in [1.807, 2.05) is 37.3 Å². The van der Waals surface area contributed by atoms with Crippen molar-refractivity contribution in [3.63, 3.8) is 0 Å². The van der Waals surface area contributed by atoms with E-state index in [1.165, 1.54) is 0 Å². The van der Waals surface area contributed by atoms with Crippen molar-refractivity contribution in [3.05, 3.63) is 65.9 Å². The van der Waals surface area contributed by atoms with Crippen LogP contribution in [0.15, 0.2) is 54.6 Å². The molecule has 0 bridgehead atoms. The standard InChI is InChI=1S/C18H18N2O/c1-13-10-11-14-7-5-8-16(18(14)20-13)19-12-15-6-3-4-9-17(15)21-2/h3-11,19H,12H2,1-2H3. The summed E-state index contributed by atoms with van der Waals surface area (Å²) in [5, 5.41) is 4.61. The summed E-state index contributed by atoms with van der Waals surface area (Å²) in [6, 6.07) is 18.4. The largest absolute Gasteiger partial charge is 0.496 e. The van der Waals surface area contributed by atoms with Crippen LogP contribution in [0.25, 0.3) is 10.9 Å². The van der Waals surface area contributed by atoms with Crippen molar-refractivity contribution >= 4 is 16.6 Å². The highest BCUT2D eigenvalue weighted by Gasteiger charge is 2.05. The normalized spacial score (nSPS) is 10.6. The van der Waals surface area contributed by atoms with Gasteiger partial charge in [-0.3, -0.25) is 4.98 Å². The Bertz CT molecular complexity index is 768. The molecule has 0 unspecified atom stereocenters. The summed E-state index contributed by atoms with van der Waals surface area (Å²) in [5.41, 5.74) is 4.20. The van der Waals surface area contributed by atoms with Crippen LogP contribution >= 0.6 is 0 Å². The number of aryl methyl sites for hydroxylation is 1. The fraction of sp³-hybridized carbons (Fsp3) is 0.167. The van der Waals surface area contributed by atoms with Gasteiger partial charge in [-0.15, -0.1) is 0 Å². The van der Waals surface area contributed by atoms with Gasteiger partial charge in [-0.25, -0.2) is 0 Å². The topological polar surface area (TPSA) is 34.1 Å². The lowest BCUT2D eigenvalue weighted by molar-refractivity contribution is 0.410. The Hall–Kier alpha value is -2.55. The minimum atomic E-state index is 0.707. The number of hydrogen-bond donors (Lipinski definition) is 1. The molecule has 0 radical (unpaired) electrons. The number of nitrogens with one attached hydrogen (secondary N) is 1. The SMILES string of the molecule is COc1ccccc1CNc1cccc2ccc(C)nc12. The summed E-state index contributed by atoms with van der Waals surface area (Å²) in [7, 11) is 1.70. The van der Waals surface area contributed by atoms with Crippen molar-refractivity contribution in [2.75, 3.05) is 12.4 Å². The minimum Gasteiger partial charge on any atom is -0.496 e. The van der Waals surface area contributed by atoms with E-state index < -0.39 is 0 Å². The first-order valence-corrected chi connectivity index (χ1v) is 7.00.